The molecule has 10 atom stereocenters. The lowest BCUT2D eigenvalue weighted by Crippen LogP contribution is -2.50. The molecule has 68 heavy (non-hydrogen) atoms. The van der Waals surface area contributed by atoms with Crippen molar-refractivity contribution in [1.82, 2.24) is 10.6 Å². The highest BCUT2D eigenvalue weighted by Crippen LogP contribution is 2.42. The molecule has 18 heteroatoms. The maximum absolute atomic E-state index is 12.4. The zero-order valence-electron chi connectivity index (χ0n) is 41.0. The lowest BCUT2D eigenvalue weighted by Gasteiger charge is -2.31. The molecule has 0 radical (unpaired) electrons. The molecule has 0 bridgehead atoms. The minimum Gasteiger partial charge on any atom is -0.466 e. The second-order valence-corrected chi connectivity index (χ2v) is 17.6. The van der Waals surface area contributed by atoms with E-state index in [0.717, 1.165) is 11.1 Å². The van der Waals surface area contributed by atoms with Crippen LogP contribution in [0.15, 0.2) is 60.7 Å². The van der Waals surface area contributed by atoms with Crippen LogP contribution in [-0.2, 0) is 89.2 Å². The number of carbonyl (C=O) groups excluding carboxylic acids is 4. The van der Waals surface area contributed by atoms with Crippen molar-refractivity contribution in [1.29, 1.82) is 0 Å². The molecule has 18 nitrogen and oxygen atoms in total. The third-order valence-electron chi connectivity index (χ3n) is 11.3. The summed E-state index contributed by atoms with van der Waals surface area (Å²) < 4.78 is 69.6. The summed E-state index contributed by atoms with van der Waals surface area (Å²) in [5.74, 6) is -2.75. The lowest BCUT2D eigenvalue weighted by molar-refractivity contribution is -0.223. The molecule has 0 saturated carbocycles. The van der Waals surface area contributed by atoms with Crippen LogP contribution in [-0.4, -0.2) is 136 Å². The minimum atomic E-state index is -0.793. The number of ether oxygens (including phenoxy) is 12. The average Bonchev–Trinajstić information content (AvgIpc) is 3.99. The van der Waals surface area contributed by atoms with Gasteiger partial charge in [0.05, 0.1) is 52.5 Å². The summed E-state index contributed by atoms with van der Waals surface area (Å²) in [6, 6.07) is 18.8. The normalized spacial score (nSPS) is 26.1. The van der Waals surface area contributed by atoms with Crippen molar-refractivity contribution in [3.8, 4) is 0 Å². The molecule has 4 saturated heterocycles. The fourth-order valence-corrected chi connectivity index (χ4v) is 8.48. The molecule has 380 valence electrons. The van der Waals surface area contributed by atoms with Gasteiger partial charge in [-0.05, 0) is 92.4 Å². The van der Waals surface area contributed by atoms with Gasteiger partial charge in [0.25, 0.3) is 0 Å². The van der Waals surface area contributed by atoms with Crippen molar-refractivity contribution in [2.45, 2.75) is 180 Å². The summed E-state index contributed by atoms with van der Waals surface area (Å²) in [5.41, 5.74) is 2.04. The van der Waals surface area contributed by atoms with Crippen molar-refractivity contribution in [2.24, 2.45) is 0 Å². The fourth-order valence-electron chi connectivity index (χ4n) is 8.48. The average molecular weight is 959 g/mol. The summed E-state index contributed by atoms with van der Waals surface area (Å²) in [7, 11) is 0. The minimum absolute atomic E-state index is 0.0892. The van der Waals surface area contributed by atoms with Gasteiger partial charge in [-0.25, -0.2) is 0 Å². The summed E-state index contributed by atoms with van der Waals surface area (Å²) in [5, 5.41) is 6.72. The SMILES string of the molecule is CCOC(=O)CCCN[C@@H](CC(=O)OCC)[C@H]1O[C@@H]2OC(C)(C)O[C@@H]2[C@H]1OCc1ccccc1.CCOC(=O)CCCN[C@H](CC(=O)OCC)[C@H]1O[C@@H]2OC(C)(C)O[C@@H]2[C@H]1OCc1ccccc1. The van der Waals surface area contributed by atoms with Crippen molar-refractivity contribution < 1.29 is 76.0 Å². The number of hydrogen-bond acceptors (Lipinski definition) is 18. The van der Waals surface area contributed by atoms with Crippen LogP contribution in [0.1, 0.15) is 105 Å². The Labute approximate surface area is 400 Å². The van der Waals surface area contributed by atoms with Crippen molar-refractivity contribution in [3.63, 3.8) is 0 Å². The maximum Gasteiger partial charge on any atom is 0.307 e. The van der Waals surface area contributed by atoms with Gasteiger partial charge in [-0.2, -0.15) is 0 Å². The van der Waals surface area contributed by atoms with E-state index < -0.39 is 72.9 Å². The summed E-state index contributed by atoms with van der Waals surface area (Å²) in [6.07, 6.45) is -2.16. The topological polar surface area (TPSA) is 203 Å². The number of carbonyl (C=O) groups is 4. The molecule has 0 aromatic heterocycles. The van der Waals surface area contributed by atoms with Crippen LogP contribution in [0.4, 0.5) is 0 Å². The van der Waals surface area contributed by atoms with Crippen molar-refractivity contribution >= 4 is 23.9 Å². The Hall–Kier alpha value is -4.08. The third kappa shape index (κ3) is 17.1. The van der Waals surface area contributed by atoms with E-state index in [-0.39, 0.29) is 49.6 Å². The highest BCUT2D eigenvalue weighted by molar-refractivity contribution is 5.71. The van der Waals surface area contributed by atoms with E-state index >= 15 is 0 Å². The maximum atomic E-state index is 12.4. The van der Waals surface area contributed by atoms with Crippen LogP contribution in [0.3, 0.4) is 0 Å². The van der Waals surface area contributed by atoms with E-state index in [0.29, 0.717) is 65.6 Å². The fraction of sp³-hybridized carbons (Fsp3) is 0.680. The van der Waals surface area contributed by atoms with Gasteiger partial charge in [-0.3, -0.25) is 19.2 Å². The standard InChI is InChI=1S/2C25H37NO8/c2*1-5-29-19(27)13-10-14-26-18(15-20(28)30-6-2)21-22(31-16-17-11-8-7-9-12-17)23-24(32-21)34-25(3,4)33-23/h2*7-9,11-12,18,21-24,26H,5-6,10,13-16H2,1-4H3/t18-,21+,22-,23+,24+;18-,21-,22+,23-,24-/m01/s1. The molecular formula is C50H74N2O16. The van der Waals surface area contributed by atoms with Crippen LogP contribution < -0.4 is 10.6 Å². The summed E-state index contributed by atoms with van der Waals surface area (Å²) in [6.45, 7) is 17.5. The Morgan fingerprint density at radius 1 is 0.529 bits per heavy atom. The molecule has 0 amide bonds. The zero-order valence-corrected chi connectivity index (χ0v) is 41.0. The molecule has 2 aromatic carbocycles. The Kier molecular flexibility index (Phi) is 22.1. The van der Waals surface area contributed by atoms with Crippen LogP contribution in [0.5, 0.6) is 0 Å². The second-order valence-electron chi connectivity index (χ2n) is 17.6. The predicted molar refractivity (Wildman–Crippen MR) is 245 cm³/mol. The largest absolute Gasteiger partial charge is 0.466 e. The van der Waals surface area contributed by atoms with Gasteiger partial charge in [0, 0.05) is 24.9 Å². The van der Waals surface area contributed by atoms with Gasteiger partial charge >= 0.3 is 23.9 Å². The number of nitrogens with one attached hydrogen (secondary N) is 2. The highest BCUT2D eigenvalue weighted by Gasteiger charge is 2.58. The molecule has 4 heterocycles. The zero-order chi connectivity index (χ0) is 49.1. The number of hydrogen-bond donors (Lipinski definition) is 2. The number of esters is 4. The van der Waals surface area contributed by atoms with Crippen LogP contribution in [0, 0.1) is 0 Å². The molecule has 4 fully saturated rings. The van der Waals surface area contributed by atoms with Gasteiger partial charge < -0.3 is 67.5 Å². The molecular weight excluding hydrogens is 885 g/mol. The summed E-state index contributed by atoms with van der Waals surface area (Å²) >= 11 is 0. The number of rotatable bonds is 26. The molecule has 2 N–H and O–H groups in total. The Bertz CT molecular complexity index is 1700. The first-order chi connectivity index (χ1) is 32.6. The lowest BCUT2D eigenvalue weighted by atomic mass is 10.00. The molecule has 0 spiro atoms. The Morgan fingerprint density at radius 2 is 0.882 bits per heavy atom. The first-order valence-electron chi connectivity index (χ1n) is 24.1. The highest BCUT2D eigenvalue weighted by atomic mass is 16.9. The molecule has 6 rings (SSSR count). The van der Waals surface area contributed by atoms with Gasteiger partial charge in [-0.15, -0.1) is 0 Å². The summed E-state index contributed by atoms with van der Waals surface area (Å²) in [4.78, 5) is 48.1. The van der Waals surface area contributed by atoms with Crippen molar-refractivity contribution in [3.05, 3.63) is 71.8 Å². The number of fused-ring (bicyclic) bond motifs is 2. The first kappa shape index (κ1) is 54.9. The van der Waals surface area contributed by atoms with Gasteiger partial charge in [0.2, 0.25) is 0 Å². The Balaban J connectivity index is 0.000000254. The van der Waals surface area contributed by atoms with E-state index in [9.17, 15) is 19.2 Å². The van der Waals surface area contributed by atoms with Crippen molar-refractivity contribution in [2.75, 3.05) is 39.5 Å². The van der Waals surface area contributed by atoms with E-state index in [4.69, 9.17) is 56.8 Å². The van der Waals surface area contributed by atoms with Crippen LogP contribution in [0.25, 0.3) is 0 Å². The smallest absolute Gasteiger partial charge is 0.307 e. The molecule has 2 aromatic rings. The van der Waals surface area contributed by atoms with E-state index in [1.807, 2.05) is 88.4 Å². The van der Waals surface area contributed by atoms with E-state index in [2.05, 4.69) is 10.6 Å². The van der Waals surface area contributed by atoms with E-state index in [1.165, 1.54) is 0 Å². The third-order valence-corrected chi connectivity index (χ3v) is 11.3. The Morgan fingerprint density at radius 3 is 1.24 bits per heavy atom. The van der Waals surface area contributed by atoms with Gasteiger partial charge in [-0.1, -0.05) is 60.7 Å². The molecule has 4 aliphatic rings. The quantitative estimate of drug-likeness (QED) is 0.0688. The van der Waals surface area contributed by atoms with Crippen LogP contribution >= 0.6 is 0 Å². The molecule has 0 unspecified atom stereocenters. The predicted octanol–water partition coefficient (Wildman–Crippen LogP) is 5.41. The van der Waals surface area contributed by atoms with Crippen LogP contribution in [0.2, 0.25) is 0 Å². The molecule has 4 aliphatic heterocycles. The number of benzene rings is 2. The monoisotopic (exact) mass is 959 g/mol. The first-order valence-corrected chi connectivity index (χ1v) is 24.1. The van der Waals surface area contributed by atoms with Gasteiger partial charge in [0.1, 0.15) is 36.6 Å². The van der Waals surface area contributed by atoms with Gasteiger partial charge in [0.15, 0.2) is 24.2 Å². The van der Waals surface area contributed by atoms with E-state index in [1.54, 1.807) is 27.7 Å². The second kappa shape index (κ2) is 27.3. The molecule has 0 aliphatic carbocycles.